The Hall–Kier alpha value is 0.110. The fraction of sp³-hybridized carbons (Fsp3) is 1.00. The SMILES string of the molecule is CSC12OCC(O1)C1OC3OC(C)(C)OC3C1O2. The van der Waals surface area contributed by atoms with Gasteiger partial charge in [-0.2, -0.15) is 0 Å². The van der Waals surface area contributed by atoms with Gasteiger partial charge in [-0.1, -0.05) is 11.8 Å². The molecule has 0 saturated carbocycles. The van der Waals surface area contributed by atoms with E-state index in [1.807, 2.05) is 20.1 Å². The average molecular weight is 276 g/mol. The smallest absolute Gasteiger partial charge is 0.338 e. The fourth-order valence-electron chi connectivity index (χ4n) is 2.92. The summed E-state index contributed by atoms with van der Waals surface area (Å²) in [6, 6.07) is 0. The van der Waals surface area contributed by atoms with Crippen molar-refractivity contribution >= 4 is 11.8 Å². The van der Waals surface area contributed by atoms with Gasteiger partial charge in [0.2, 0.25) is 0 Å². The monoisotopic (exact) mass is 276 g/mol. The topological polar surface area (TPSA) is 55.4 Å². The van der Waals surface area contributed by atoms with E-state index in [1.165, 1.54) is 11.8 Å². The Bertz CT molecular complexity index is 377. The molecule has 102 valence electrons. The highest BCUT2D eigenvalue weighted by molar-refractivity contribution is 7.99. The van der Waals surface area contributed by atoms with Crippen LogP contribution in [0.3, 0.4) is 0 Å². The Morgan fingerprint density at radius 3 is 2.61 bits per heavy atom. The molecule has 0 aliphatic carbocycles. The molecule has 0 radical (unpaired) electrons. The summed E-state index contributed by atoms with van der Waals surface area (Å²) in [6.45, 7) is 4.22. The molecule has 2 bridgehead atoms. The van der Waals surface area contributed by atoms with Gasteiger partial charge in [0.05, 0.1) is 6.61 Å². The van der Waals surface area contributed by atoms with Gasteiger partial charge in [-0.25, -0.2) is 0 Å². The Labute approximate surface area is 109 Å². The van der Waals surface area contributed by atoms with Gasteiger partial charge >= 0.3 is 5.31 Å². The van der Waals surface area contributed by atoms with Gasteiger partial charge in [0.1, 0.15) is 24.4 Å². The first-order valence-electron chi connectivity index (χ1n) is 6.08. The lowest BCUT2D eigenvalue weighted by Crippen LogP contribution is -2.52. The standard InChI is InChI=1S/C11H16O6S/c1-10(2)15-8-7-6(13-9(8)17-10)5-4-12-11(14-5,16-7)18-3/h5-9H,4H2,1-3H3. The van der Waals surface area contributed by atoms with E-state index in [-0.39, 0.29) is 30.7 Å². The molecule has 0 aromatic carbocycles. The summed E-state index contributed by atoms with van der Waals surface area (Å²) in [6.07, 6.45) is 0.800. The summed E-state index contributed by atoms with van der Waals surface area (Å²) >= 11 is 1.40. The highest BCUT2D eigenvalue weighted by atomic mass is 32.2. The predicted molar refractivity (Wildman–Crippen MR) is 60.6 cm³/mol. The summed E-state index contributed by atoms with van der Waals surface area (Å²) in [5, 5.41) is -1.000. The van der Waals surface area contributed by atoms with Crippen molar-refractivity contribution in [1.82, 2.24) is 0 Å². The van der Waals surface area contributed by atoms with Crippen LogP contribution in [0.4, 0.5) is 0 Å². The molecule has 4 fully saturated rings. The van der Waals surface area contributed by atoms with Gasteiger partial charge in [0, 0.05) is 0 Å². The zero-order valence-corrected chi connectivity index (χ0v) is 11.3. The second-order valence-corrected chi connectivity index (χ2v) is 6.23. The highest BCUT2D eigenvalue weighted by Gasteiger charge is 2.65. The van der Waals surface area contributed by atoms with Crippen molar-refractivity contribution < 1.29 is 28.4 Å². The lowest BCUT2D eigenvalue weighted by molar-refractivity contribution is -0.343. The van der Waals surface area contributed by atoms with Crippen LogP contribution in [-0.4, -0.2) is 54.7 Å². The van der Waals surface area contributed by atoms with Crippen LogP contribution in [0, 0.1) is 0 Å². The molecule has 4 heterocycles. The summed E-state index contributed by atoms with van der Waals surface area (Å²) < 4.78 is 34.7. The first-order valence-corrected chi connectivity index (χ1v) is 7.30. The van der Waals surface area contributed by atoms with Crippen molar-refractivity contribution in [3.05, 3.63) is 0 Å². The molecule has 0 aromatic rings. The maximum absolute atomic E-state index is 5.93. The molecule has 0 amide bonds. The van der Waals surface area contributed by atoms with Crippen LogP contribution in [0.15, 0.2) is 0 Å². The first kappa shape index (κ1) is 11.9. The van der Waals surface area contributed by atoms with Crippen molar-refractivity contribution in [2.75, 3.05) is 12.9 Å². The zero-order valence-electron chi connectivity index (χ0n) is 10.5. The highest BCUT2D eigenvalue weighted by Crippen LogP contribution is 2.49. The third kappa shape index (κ3) is 1.53. The molecular formula is C11H16O6S. The van der Waals surface area contributed by atoms with E-state index in [2.05, 4.69) is 0 Å². The van der Waals surface area contributed by atoms with Crippen molar-refractivity contribution in [3.63, 3.8) is 0 Å². The number of rotatable bonds is 1. The number of thioether (sulfide) groups is 1. The Kier molecular flexibility index (Phi) is 2.38. The summed E-state index contributed by atoms with van der Waals surface area (Å²) in [4.78, 5) is 0. The molecule has 0 N–H and O–H groups in total. The van der Waals surface area contributed by atoms with E-state index in [0.29, 0.717) is 6.61 Å². The second-order valence-electron chi connectivity index (χ2n) is 5.32. The molecule has 4 aliphatic rings. The molecular weight excluding hydrogens is 260 g/mol. The molecule has 6 atom stereocenters. The number of ether oxygens (including phenoxy) is 6. The quantitative estimate of drug-likeness (QED) is 0.697. The Morgan fingerprint density at radius 1 is 1.00 bits per heavy atom. The maximum atomic E-state index is 5.93. The molecule has 4 aliphatic heterocycles. The summed E-state index contributed by atoms with van der Waals surface area (Å²) in [7, 11) is 0. The van der Waals surface area contributed by atoms with Gasteiger partial charge in [-0.15, -0.1) is 0 Å². The van der Waals surface area contributed by atoms with Crippen LogP contribution in [0.1, 0.15) is 13.8 Å². The van der Waals surface area contributed by atoms with E-state index >= 15 is 0 Å². The average Bonchev–Trinajstić information content (AvgIpc) is 2.91. The van der Waals surface area contributed by atoms with Crippen molar-refractivity contribution in [1.29, 1.82) is 0 Å². The molecule has 6 unspecified atom stereocenters. The van der Waals surface area contributed by atoms with Gasteiger partial charge < -0.3 is 28.4 Å². The van der Waals surface area contributed by atoms with Crippen molar-refractivity contribution in [2.24, 2.45) is 0 Å². The fourth-order valence-corrected chi connectivity index (χ4v) is 3.53. The molecule has 4 rings (SSSR count). The molecule has 4 saturated heterocycles. The minimum atomic E-state index is -1.000. The number of hydrogen-bond donors (Lipinski definition) is 0. The van der Waals surface area contributed by atoms with E-state index in [9.17, 15) is 0 Å². The summed E-state index contributed by atoms with van der Waals surface area (Å²) in [5.74, 6) is -0.631. The molecule has 18 heavy (non-hydrogen) atoms. The zero-order chi connectivity index (χ0) is 12.5. The van der Waals surface area contributed by atoms with E-state index in [4.69, 9.17) is 28.4 Å². The lowest BCUT2D eigenvalue weighted by Gasteiger charge is -2.37. The summed E-state index contributed by atoms with van der Waals surface area (Å²) in [5.41, 5.74) is 0. The number of hydrogen-bond acceptors (Lipinski definition) is 7. The normalized spacial score (nSPS) is 56.5. The Morgan fingerprint density at radius 2 is 1.83 bits per heavy atom. The third-order valence-corrected chi connectivity index (χ3v) is 4.45. The van der Waals surface area contributed by atoms with Crippen molar-refractivity contribution in [2.45, 2.75) is 55.6 Å². The van der Waals surface area contributed by atoms with Crippen molar-refractivity contribution in [3.8, 4) is 0 Å². The van der Waals surface area contributed by atoms with Crippen LogP contribution in [0.5, 0.6) is 0 Å². The third-order valence-electron chi connectivity index (χ3n) is 3.64. The van der Waals surface area contributed by atoms with Gasteiger partial charge in [-0.3, -0.25) is 0 Å². The minimum Gasteiger partial charge on any atom is -0.341 e. The Balaban J connectivity index is 1.61. The molecule has 6 nitrogen and oxygen atoms in total. The molecule has 0 aromatic heterocycles. The van der Waals surface area contributed by atoms with Gasteiger partial charge in [0.15, 0.2) is 12.1 Å². The maximum Gasteiger partial charge on any atom is 0.338 e. The van der Waals surface area contributed by atoms with Crippen LogP contribution in [-0.2, 0) is 28.4 Å². The van der Waals surface area contributed by atoms with Crippen LogP contribution >= 0.6 is 11.8 Å². The number of fused-ring (bicyclic) bond motifs is 6. The van der Waals surface area contributed by atoms with E-state index in [0.717, 1.165) is 0 Å². The first-order chi connectivity index (χ1) is 8.52. The molecule has 0 spiro atoms. The van der Waals surface area contributed by atoms with Crippen LogP contribution in [0.2, 0.25) is 0 Å². The lowest BCUT2D eigenvalue weighted by atomic mass is 10.1. The van der Waals surface area contributed by atoms with E-state index in [1.54, 1.807) is 0 Å². The van der Waals surface area contributed by atoms with Gasteiger partial charge in [0.25, 0.3) is 0 Å². The van der Waals surface area contributed by atoms with E-state index < -0.39 is 11.1 Å². The van der Waals surface area contributed by atoms with Crippen LogP contribution < -0.4 is 0 Å². The molecule has 7 heteroatoms. The van der Waals surface area contributed by atoms with Gasteiger partial charge in [-0.05, 0) is 20.1 Å². The second kappa shape index (κ2) is 3.60. The minimum absolute atomic E-state index is 0.114. The predicted octanol–water partition coefficient (Wildman–Crippen LogP) is 0.651. The largest absolute Gasteiger partial charge is 0.341 e. The van der Waals surface area contributed by atoms with Crippen LogP contribution in [0.25, 0.3) is 0 Å².